The van der Waals surface area contributed by atoms with E-state index < -0.39 is 9.84 Å². The summed E-state index contributed by atoms with van der Waals surface area (Å²) in [5.41, 5.74) is 3.61. The summed E-state index contributed by atoms with van der Waals surface area (Å²) in [5.74, 6) is 6.08. The number of hydrazine groups is 1. The smallest absolute Gasteiger partial charge is 0.212 e. The molecule has 1 atom stereocenters. The lowest BCUT2D eigenvalue weighted by atomic mass is 10.1. The predicted octanol–water partition coefficient (Wildman–Crippen LogP) is -0.101. The predicted molar refractivity (Wildman–Crippen MR) is 69.9 cm³/mol. The Labute approximate surface area is 107 Å². The summed E-state index contributed by atoms with van der Waals surface area (Å²) < 4.78 is 27.1. The van der Waals surface area contributed by atoms with E-state index in [1.807, 2.05) is 6.07 Å². The number of nitrogens with two attached hydrogens (primary N) is 1. The minimum Gasteiger partial charge on any atom is -0.481 e. The monoisotopic (exact) mass is 273 g/mol. The highest BCUT2D eigenvalue weighted by Crippen LogP contribution is 2.10. The molecule has 0 radical (unpaired) electrons. The van der Waals surface area contributed by atoms with E-state index in [0.29, 0.717) is 18.7 Å². The number of ether oxygens (including phenoxy) is 1. The van der Waals surface area contributed by atoms with Crippen molar-refractivity contribution in [2.45, 2.75) is 18.9 Å². The molecule has 1 heterocycles. The lowest BCUT2D eigenvalue weighted by Gasteiger charge is -2.15. The molecule has 0 amide bonds. The fraction of sp³-hybridized carbons (Fsp3) is 0.545. The molecule has 1 rings (SSSR count). The van der Waals surface area contributed by atoms with E-state index in [-0.39, 0.29) is 11.8 Å². The molecule has 1 unspecified atom stereocenters. The van der Waals surface area contributed by atoms with E-state index in [4.69, 9.17) is 10.6 Å². The topological polar surface area (TPSA) is 94.3 Å². The van der Waals surface area contributed by atoms with Gasteiger partial charge in [-0.25, -0.2) is 13.4 Å². The molecule has 1 aromatic heterocycles. The van der Waals surface area contributed by atoms with Crippen LogP contribution in [-0.4, -0.2) is 38.6 Å². The summed E-state index contributed by atoms with van der Waals surface area (Å²) in [6.07, 6.45) is 4.02. The second-order valence-electron chi connectivity index (χ2n) is 4.20. The molecule has 0 saturated heterocycles. The number of hydrogen-bond donors (Lipinski definition) is 2. The number of sulfone groups is 1. The minimum absolute atomic E-state index is 0.0880. The number of nitrogens with one attached hydrogen (secondary N) is 1. The Hall–Kier alpha value is -1.18. The van der Waals surface area contributed by atoms with E-state index in [1.54, 1.807) is 19.4 Å². The van der Waals surface area contributed by atoms with Gasteiger partial charge in [0.15, 0.2) is 0 Å². The van der Waals surface area contributed by atoms with Crippen molar-refractivity contribution in [2.24, 2.45) is 5.84 Å². The second-order valence-corrected chi connectivity index (χ2v) is 6.45. The number of hydrogen-bond acceptors (Lipinski definition) is 6. The summed E-state index contributed by atoms with van der Waals surface area (Å²) in [7, 11) is -1.41. The standard InChI is InChI=1S/C11H19N3O3S/c1-17-11-4-3-9(8-13-11)7-10(14-12)5-6-18(2,15)16/h3-4,8,10,14H,5-7,12H2,1-2H3. The first-order chi connectivity index (χ1) is 8.44. The molecule has 1 aromatic rings. The van der Waals surface area contributed by atoms with Crippen molar-refractivity contribution in [3.05, 3.63) is 23.9 Å². The van der Waals surface area contributed by atoms with Crippen LogP contribution in [0.1, 0.15) is 12.0 Å². The molecular formula is C11H19N3O3S. The van der Waals surface area contributed by atoms with Crippen molar-refractivity contribution in [1.82, 2.24) is 10.4 Å². The van der Waals surface area contributed by atoms with Gasteiger partial charge in [-0.15, -0.1) is 0 Å². The van der Waals surface area contributed by atoms with Crippen LogP contribution in [0, 0.1) is 0 Å². The SMILES string of the molecule is COc1ccc(CC(CCS(C)(=O)=O)NN)cn1. The zero-order chi connectivity index (χ0) is 13.6. The van der Waals surface area contributed by atoms with Crippen LogP contribution in [0.25, 0.3) is 0 Å². The zero-order valence-electron chi connectivity index (χ0n) is 10.6. The molecule has 7 heteroatoms. The first-order valence-corrected chi connectivity index (χ1v) is 7.63. The van der Waals surface area contributed by atoms with Gasteiger partial charge in [-0.3, -0.25) is 11.3 Å². The van der Waals surface area contributed by atoms with Gasteiger partial charge < -0.3 is 4.74 Å². The van der Waals surface area contributed by atoms with Crippen LogP contribution in [0.5, 0.6) is 5.88 Å². The van der Waals surface area contributed by atoms with Crippen LogP contribution in [0.2, 0.25) is 0 Å². The molecule has 0 aliphatic rings. The quantitative estimate of drug-likeness (QED) is 0.532. The molecule has 0 bridgehead atoms. The molecule has 0 aliphatic heterocycles. The average molecular weight is 273 g/mol. The summed E-state index contributed by atoms with van der Waals surface area (Å²) in [6.45, 7) is 0. The highest BCUT2D eigenvalue weighted by molar-refractivity contribution is 7.90. The Morgan fingerprint density at radius 2 is 2.22 bits per heavy atom. The van der Waals surface area contributed by atoms with Crippen LogP contribution in [0.4, 0.5) is 0 Å². The molecule has 0 aromatic carbocycles. The normalized spacial score (nSPS) is 13.3. The van der Waals surface area contributed by atoms with E-state index in [9.17, 15) is 8.42 Å². The molecule has 0 saturated carbocycles. The van der Waals surface area contributed by atoms with Crippen molar-refractivity contribution in [3.63, 3.8) is 0 Å². The van der Waals surface area contributed by atoms with Gasteiger partial charge in [0.2, 0.25) is 5.88 Å². The van der Waals surface area contributed by atoms with Crippen LogP contribution < -0.4 is 16.0 Å². The number of rotatable bonds is 7. The van der Waals surface area contributed by atoms with Gasteiger partial charge in [0, 0.05) is 24.6 Å². The van der Waals surface area contributed by atoms with Crippen LogP contribution in [0.3, 0.4) is 0 Å². The third-order valence-corrected chi connectivity index (χ3v) is 3.54. The third kappa shape index (κ3) is 5.44. The maximum absolute atomic E-state index is 11.1. The lowest BCUT2D eigenvalue weighted by molar-refractivity contribution is 0.397. The Bertz CT molecular complexity index is 459. The maximum atomic E-state index is 11.1. The third-order valence-electron chi connectivity index (χ3n) is 2.56. The van der Waals surface area contributed by atoms with Crippen molar-refractivity contribution in [2.75, 3.05) is 19.1 Å². The van der Waals surface area contributed by atoms with Gasteiger partial charge in [-0.1, -0.05) is 6.07 Å². The van der Waals surface area contributed by atoms with Gasteiger partial charge in [0.25, 0.3) is 0 Å². The molecule has 18 heavy (non-hydrogen) atoms. The summed E-state index contributed by atoms with van der Waals surface area (Å²) >= 11 is 0. The maximum Gasteiger partial charge on any atom is 0.212 e. The van der Waals surface area contributed by atoms with Gasteiger partial charge in [-0.05, 0) is 18.4 Å². The van der Waals surface area contributed by atoms with Gasteiger partial charge in [-0.2, -0.15) is 0 Å². The molecule has 0 fully saturated rings. The van der Waals surface area contributed by atoms with Gasteiger partial charge in [0.05, 0.1) is 12.9 Å². The molecule has 0 spiro atoms. The number of methoxy groups -OCH3 is 1. The Balaban J connectivity index is 2.56. The number of aromatic nitrogens is 1. The molecule has 6 nitrogen and oxygen atoms in total. The van der Waals surface area contributed by atoms with Gasteiger partial charge in [0.1, 0.15) is 9.84 Å². The van der Waals surface area contributed by atoms with Crippen LogP contribution in [-0.2, 0) is 16.3 Å². The lowest BCUT2D eigenvalue weighted by Crippen LogP contribution is -2.38. The van der Waals surface area contributed by atoms with Crippen LogP contribution >= 0.6 is 0 Å². The Morgan fingerprint density at radius 1 is 1.50 bits per heavy atom. The van der Waals surface area contributed by atoms with Crippen molar-refractivity contribution in [3.8, 4) is 5.88 Å². The van der Waals surface area contributed by atoms with E-state index in [2.05, 4.69) is 10.4 Å². The Kier molecular flexibility index (Phi) is 5.52. The molecule has 3 N–H and O–H groups in total. The number of nitrogens with zero attached hydrogens (tertiary/aromatic N) is 1. The summed E-state index contributed by atoms with van der Waals surface area (Å²) in [6, 6.07) is 3.56. The average Bonchev–Trinajstić information content (AvgIpc) is 2.34. The number of pyridine rings is 1. The first-order valence-electron chi connectivity index (χ1n) is 5.57. The van der Waals surface area contributed by atoms with Gasteiger partial charge >= 0.3 is 0 Å². The molecule has 0 aliphatic carbocycles. The highest BCUT2D eigenvalue weighted by Gasteiger charge is 2.12. The molecular weight excluding hydrogens is 254 g/mol. The zero-order valence-corrected chi connectivity index (χ0v) is 11.4. The van der Waals surface area contributed by atoms with Crippen molar-refractivity contribution >= 4 is 9.84 Å². The van der Waals surface area contributed by atoms with E-state index in [0.717, 1.165) is 5.56 Å². The summed E-state index contributed by atoms with van der Waals surface area (Å²) in [5, 5.41) is 0. The van der Waals surface area contributed by atoms with Crippen molar-refractivity contribution < 1.29 is 13.2 Å². The van der Waals surface area contributed by atoms with Crippen LogP contribution in [0.15, 0.2) is 18.3 Å². The van der Waals surface area contributed by atoms with Crippen molar-refractivity contribution in [1.29, 1.82) is 0 Å². The Morgan fingerprint density at radius 3 is 2.67 bits per heavy atom. The second kappa shape index (κ2) is 6.67. The van der Waals surface area contributed by atoms with E-state index in [1.165, 1.54) is 6.26 Å². The minimum atomic E-state index is -2.96. The fourth-order valence-corrected chi connectivity index (χ4v) is 2.25. The first kappa shape index (κ1) is 14.9. The van der Waals surface area contributed by atoms with E-state index >= 15 is 0 Å². The fourth-order valence-electron chi connectivity index (χ4n) is 1.54. The molecule has 102 valence electrons. The highest BCUT2D eigenvalue weighted by atomic mass is 32.2. The largest absolute Gasteiger partial charge is 0.481 e. The summed E-state index contributed by atoms with van der Waals surface area (Å²) in [4.78, 5) is 4.08.